The summed E-state index contributed by atoms with van der Waals surface area (Å²) < 4.78 is 10.9. The Morgan fingerprint density at radius 1 is 0.895 bits per heavy atom. The average Bonchev–Trinajstić information content (AvgIpc) is 3.42. The summed E-state index contributed by atoms with van der Waals surface area (Å²) >= 11 is 0. The van der Waals surface area contributed by atoms with Crippen LogP contribution in [0.1, 0.15) is 12.5 Å². The van der Waals surface area contributed by atoms with Crippen molar-refractivity contribution in [2.75, 3.05) is 63.4 Å². The van der Waals surface area contributed by atoms with Crippen LogP contribution < -0.4 is 9.80 Å². The molecular formula is C32H36N4O2. The number of hydrogen-bond donors (Lipinski definition) is 1. The van der Waals surface area contributed by atoms with Crippen molar-refractivity contribution >= 4 is 17.5 Å². The molecule has 0 radical (unpaired) electrons. The van der Waals surface area contributed by atoms with E-state index >= 15 is 0 Å². The molecule has 1 fully saturated rings. The van der Waals surface area contributed by atoms with Crippen LogP contribution in [0.2, 0.25) is 0 Å². The van der Waals surface area contributed by atoms with E-state index < -0.39 is 0 Å². The number of morpholine rings is 1. The number of H-pyrrole nitrogens is 1. The predicted octanol–water partition coefficient (Wildman–Crippen LogP) is 6.36. The highest BCUT2D eigenvalue weighted by molar-refractivity contribution is 5.82. The van der Waals surface area contributed by atoms with Gasteiger partial charge in [-0.25, -0.2) is 4.98 Å². The molecule has 6 heteroatoms. The van der Waals surface area contributed by atoms with Crippen LogP contribution in [-0.4, -0.2) is 63.6 Å². The third-order valence-corrected chi connectivity index (χ3v) is 6.81. The van der Waals surface area contributed by atoms with E-state index in [0.717, 1.165) is 78.1 Å². The number of ether oxygens (including phenoxy) is 2. The Hall–Kier alpha value is -3.87. The Kier molecular flexibility index (Phi) is 8.22. The van der Waals surface area contributed by atoms with E-state index in [1.165, 1.54) is 5.69 Å². The van der Waals surface area contributed by atoms with Crippen LogP contribution in [0.15, 0.2) is 78.9 Å². The summed E-state index contributed by atoms with van der Waals surface area (Å²) in [6, 6.07) is 25.8. The topological polar surface area (TPSA) is 53.6 Å². The van der Waals surface area contributed by atoms with Crippen molar-refractivity contribution < 1.29 is 9.47 Å². The largest absolute Gasteiger partial charge is 0.378 e. The molecular weight excluding hydrogens is 472 g/mol. The maximum absolute atomic E-state index is 5.52. The summed E-state index contributed by atoms with van der Waals surface area (Å²) in [5, 5.41) is 0. The molecule has 6 nitrogen and oxygen atoms in total. The van der Waals surface area contributed by atoms with Crippen molar-refractivity contribution in [3.63, 3.8) is 0 Å². The molecule has 1 aliphatic heterocycles. The molecule has 38 heavy (non-hydrogen) atoms. The monoisotopic (exact) mass is 508 g/mol. The zero-order valence-electron chi connectivity index (χ0n) is 22.5. The second-order valence-electron chi connectivity index (χ2n) is 9.58. The van der Waals surface area contributed by atoms with Crippen molar-refractivity contribution in [1.29, 1.82) is 0 Å². The van der Waals surface area contributed by atoms with E-state index in [-0.39, 0.29) is 0 Å². The van der Waals surface area contributed by atoms with E-state index in [1.54, 1.807) is 0 Å². The molecule has 0 spiro atoms. The van der Waals surface area contributed by atoms with Gasteiger partial charge in [-0.1, -0.05) is 60.7 Å². The quantitative estimate of drug-likeness (QED) is 0.267. The van der Waals surface area contributed by atoms with E-state index in [2.05, 4.69) is 108 Å². The summed E-state index contributed by atoms with van der Waals surface area (Å²) in [6.07, 6.45) is 4.13. The fourth-order valence-corrected chi connectivity index (χ4v) is 4.63. The fraction of sp³-hybridized carbons (Fsp3) is 0.281. The molecule has 1 aliphatic rings. The molecule has 3 aromatic carbocycles. The van der Waals surface area contributed by atoms with Crippen LogP contribution in [0, 0.1) is 0 Å². The minimum absolute atomic E-state index is 0.625. The maximum atomic E-state index is 5.52. The summed E-state index contributed by atoms with van der Waals surface area (Å²) in [7, 11) is 4.11. The predicted molar refractivity (Wildman–Crippen MR) is 158 cm³/mol. The van der Waals surface area contributed by atoms with Gasteiger partial charge in [0.05, 0.1) is 31.2 Å². The molecule has 0 atom stereocenters. The van der Waals surface area contributed by atoms with Crippen LogP contribution in [0.3, 0.4) is 0 Å². The van der Waals surface area contributed by atoms with Gasteiger partial charge in [0.25, 0.3) is 0 Å². The molecule has 1 saturated heterocycles. The maximum Gasteiger partial charge on any atom is 0.138 e. The number of anilines is 2. The number of aromatic amines is 1. The molecule has 0 unspecified atom stereocenters. The number of imidazole rings is 1. The smallest absolute Gasteiger partial charge is 0.138 e. The first-order valence-corrected chi connectivity index (χ1v) is 13.3. The van der Waals surface area contributed by atoms with Gasteiger partial charge < -0.3 is 24.3 Å². The normalized spacial score (nSPS) is 13.8. The first kappa shape index (κ1) is 25.8. The van der Waals surface area contributed by atoms with E-state index in [0.29, 0.717) is 6.61 Å². The standard InChI is InChI=1S/C32H36N4O2/c1-4-37-21-5-6-24-7-9-27(10-8-24)32-33-30(25-11-15-28(16-12-25)35(2)3)31(34-32)26-13-17-29(18-14-26)36-19-22-38-23-20-36/h5-18H,4,19-23H2,1-3H3,(H,33,34)/b6-5+. The Morgan fingerprint density at radius 3 is 2.21 bits per heavy atom. The SMILES string of the molecule is CCOC/C=C/c1ccc(-c2nc(-c3ccc(N(C)C)cc3)c(-c3ccc(N4CCOCC4)cc3)[nH]2)cc1. The zero-order chi connectivity index (χ0) is 26.3. The highest BCUT2D eigenvalue weighted by Crippen LogP contribution is 2.35. The lowest BCUT2D eigenvalue weighted by molar-refractivity contribution is 0.122. The van der Waals surface area contributed by atoms with E-state index in [1.807, 2.05) is 13.0 Å². The van der Waals surface area contributed by atoms with Crippen molar-refractivity contribution in [2.24, 2.45) is 0 Å². The molecule has 4 aromatic rings. The average molecular weight is 509 g/mol. The second kappa shape index (κ2) is 12.1. The van der Waals surface area contributed by atoms with Gasteiger partial charge in [0.2, 0.25) is 0 Å². The molecule has 0 aliphatic carbocycles. The van der Waals surface area contributed by atoms with E-state index in [4.69, 9.17) is 14.5 Å². The highest BCUT2D eigenvalue weighted by atomic mass is 16.5. The van der Waals surface area contributed by atoms with Crippen molar-refractivity contribution in [2.45, 2.75) is 6.92 Å². The van der Waals surface area contributed by atoms with Crippen molar-refractivity contribution in [3.05, 3.63) is 84.4 Å². The Bertz CT molecular complexity index is 1330. The Morgan fingerprint density at radius 2 is 1.55 bits per heavy atom. The van der Waals surface area contributed by atoms with Crippen molar-refractivity contribution in [3.8, 4) is 33.9 Å². The van der Waals surface area contributed by atoms with Gasteiger partial charge in [-0.15, -0.1) is 0 Å². The van der Waals surface area contributed by atoms with Gasteiger partial charge >= 0.3 is 0 Å². The lowest BCUT2D eigenvalue weighted by Gasteiger charge is -2.28. The van der Waals surface area contributed by atoms with E-state index in [9.17, 15) is 0 Å². The van der Waals surface area contributed by atoms with Crippen LogP contribution in [-0.2, 0) is 9.47 Å². The van der Waals surface area contributed by atoms with Crippen LogP contribution in [0.5, 0.6) is 0 Å². The number of hydrogen-bond acceptors (Lipinski definition) is 5. The summed E-state index contributed by atoms with van der Waals surface area (Å²) in [5.41, 5.74) is 8.74. The van der Waals surface area contributed by atoms with Gasteiger partial charge in [0, 0.05) is 61.9 Å². The fourth-order valence-electron chi connectivity index (χ4n) is 4.63. The number of aromatic nitrogens is 2. The summed E-state index contributed by atoms with van der Waals surface area (Å²) in [4.78, 5) is 13.2. The molecule has 1 aromatic heterocycles. The molecule has 1 N–H and O–H groups in total. The van der Waals surface area contributed by atoms with Crippen molar-refractivity contribution in [1.82, 2.24) is 9.97 Å². The lowest BCUT2D eigenvalue weighted by Crippen LogP contribution is -2.36. The van der Waals surface area contributed by atoms with Gasteiger partial charge in [0.1, 0.15) is 5.82 Å². The van der Waals surface area contributed by atoms with Crippen LogP contribution in [0.25, 0.3) is 40.0 Å². The first-order valence-electron chi connectivity index (χ1n) is 13.3. The van der Waals surface area contributed by atoms with Gasteiger partial charge in [-0.05, 0) is 36.8 Å². The lowest BCUT2D eigenvalue weighted by atomic mass is 10.0. The molecule has 0 amide bonds. The Balaban J connectivity index is 1.47. The van der Waals surface area contributed by atoms with Crippen LogP contribution >= 0.6 is 0 Å². The van der Waals surface area contributed by atoms with Gasteiger partial charge in [0.15, 0.2) is 0 Å². The van der Waals surface area contributed by atoms with Gasteiger partial charge in [-0.2, -0.15) is 0 Å². The summed E-state index contributed by atoms with van der Waals surface area (Å²) in [6.45, 7) is 6.76. The number of nitrogens with zero attached hydrogens (tertiary/aromatic N) is 3. The van der Waals surface area contributed by atoms with Gasteiger partial charge in [-0.3, -0.25) is 0 Å². The third-order valence-electron chi connectivity index (χ3n) is 6.81. The minimum Gasteiger partial charge on any atom is -0.378 e. The molecule has 0 saturated carbocycles. The minimum atomic E-state index is 0.625. The number of benzene rings is 3. The van der Waals surface area contributed by atoms with Crippen LogP contribution in [0.4, 0.5) is 11.4 Å². The molecule has 2 heterocycles. The number of rotatable bonds is 9. The molecule has 0 bridgehead atoms. The first-order chi connectivity index (χ1) is 18.6. The Labute approximate surface area is 225 Å². The number of nitrogens with one attached hydrogen (secondary N) is 1. The zero-order valence-corrected chi connectivity index (χ0v) is 22.5. The third kappa shape index (κ3) is 5.98. The summed E-state index contributed by atoms with van der Waals surface area (Å²) in [5.74, 6) is 0.855. The second-order valence-corrected chi connectivity index (χ2v) is 9.58. The highest BCUT2D eigenvalue weighted by Gasteiger charge is 2.17. The molecule has 5 rings (SSSR count). The molecule has 196 valence electrons.